The molecule has 0 aliphatic carbocycles. The molecule has 1 aliphatic rings. The van der Waals surface area contributed by atoms with E-state index in [4.69, 9.17) is 4.74 Å². The number of carbonyl (C=O) groups is 1. The molecule has 15 heavy (non-hydrogen) atoms. The van der Waals surface area contributed by atoms with Gasteiger partial charge in [-0.15, -0.1) is 0 Å². The van der Waals surface area contributed by atoms with Crippen LogP contribution in [0.2, 0.25) is 0 Å². The highest BCUT2D eigenvalue weighted by Gasteiger charge is 2.33. The van der Waals surface area contributed by atoms with Gasteiger partial charge in [0.2, 0.25) is 0 Å². The Bertz CT molecular complexity index is 235. The number of amides is 1. The normalized spacial score (nSPS) is 21.3. The number of alkyl halides is 1. The quantitative estimate of drug-likeness (QED) is 0.624. The lowest BCUT2D eigenvalue weighted by atomic mass is 9.96. The predicted molar refractivity (Wildman–Crippen MR) is 56.6 cm³/mol. The molecule has 1 amide bonds. The maximum absolute atomic E-state index is 13.5. The number of halogens is 1. The third-order valence-electron chi connectivity index (χ3n) is 2.46. The van der Waals surface area contributed by atoms with Crippen molar-refractivity contribution in [1.82, 2.24) is 4.90 Å². The molecule has 0 bridgehead atoms. The van der Waals surface area contributed by atoms with E-state index < -0.39 is 11.3 Å². The number of hydrogen-bond acceptors (Lipinski definition) is 2. The zero-order valence-corrected chi connectivity index (χ0v) is 9.97. The Morgan fingerprint density at radius 3 is 2.20 bits per heavy atom. The Hall–Kier alpha value is -0.800. The zero-order valence-electron chi connectivity index (χ0n) is 9.97. The highest BCUT2D eigenvalue weighted by atomic mass is 19.1. The molecule has 1 heterocycles. The summed E-state index contributed by atoms with van der Waals surface area (Å²) >= 11 is 0. The Morgan fingerprint density at radius 2 is 1.80 bits per heavy atom. The lowest BCUT2D eigenvalue weighted by Crippen LogP contribution is -2.45. The monoisotopic (exact) mass is 217 g/mol. The SMILES string of the molecule is CC1(F)CCN(C(=O)OC(C)(C)C)CC1. The fraction of sp³-hybridized carbons (Fsp3) is 0.909. The van der Waals surface area contributed by atoms with Crippen LogP contribution in [0.15, 0.2) is 0 Å². The van der Waals surface area contributed by atoms with Crippen LogP contribution in [0.4, 0.5) is 9.18 Å². The number of hydrogen-bond donors (Lipinski definition) is 0. The Balaban J connectivity index is 2.44. The Morgan fingerprint density at radius 1 is 1.33 bits per heavy atom. The summed E-state index contributed by atoms with van der Waals surface area (Å²) in [5.74, 6) is 0. The molecule has 0 unspecified atom stereocenters. The minimum Gasteiger partial charge on any atom is -0.444 e. The van der Waals surface area contributed by atoms with Gasteiger partial charge >= 0.3 is 6.09 Å². The van der Waals surface area contributed by atoms with E-state index >= 15 is 0 Å². The smallest absolute Gasteiger partial charge is 0.410 e. The number of nitrogens with zero attached hydrogens (tertiary/aromatic N) is 1. The molecule has 0 atom stereocenters. The highest BCUT2D eigenvalue weighted by molar-refractivity contribution is 5.68. The van der Waals surface area contributed by atoms with Gasteiger partial charge in [0, 0.05) is 13.1 Å². The molecule has 1 saturated heterocycles. The van der Waals surface area contributed by atoms with Gasteiger partial charge in [-0.1, -0.05) is 0 Å². The number of carbonyl (C=O) groups excluding carboxylic acids is 1. The molecule has 0 spiro atoms. The van der Waals surface area contributed by atoms with E-state index in [2.05, 4.69) is 0 Å². The van der Waals surface area contributed by atoms with Gasteiger partial charge in [-0.05, 0) is 40.5 Å². The molecule has 0 aromatic carbocycles. The third kappa shape index (κ3) is 4.06. The first-order chi connectivity index (χ1) is 6.70. The number of ether oxygens (including phenoxy) is 1. The first-order valence-corrected chi connectivity index (χ1v) is 5.36. The molecule has 0 aromatic heterocycles. The molecule has 4 heteroatoms. The van der Waals surface area contributed by atoms with Crippen molar-refractivity contribution in [1.29, 1.82) is 0 Å². The number of piperidine rings is 1. The van der Waals surface area contributed by atoms with Gasteiger partial charge in [-0.2, -0.15) is 0 Å². The average Bonchev–Trinajstić information content (AvgIpc) is 2.00. The van der Waals surface area contributed by atoms with Gasteiger partial charge in [-0.3, -0.25) is 0 Å². The molecule has 0 N–H and O–H groups in total. The van der Waals surface area contributed by atoms with Gasteiger partial charge in [-0.25, -0.2) is 9.18 Å². The van der Waals surface area contributed by atoms with E-state index in [0.29, 0.717) is 25.9 Å². The van der Waals surface area contributed by atoms with E-state index in [1.807, 2.05) is 20.8 Å². The maximum atomic E-state index is 13.5. The van der Waals surface area contributed by atoms with E-state index in [9.17, 15) is 9.18 Å². The lowest BCUT2D eigenvalue weighted by molar-refractivity contribution is 0.00679. The van der Waals surface area contributed by atoms with Crippen molar-refractivity contribution in [3.05, 3.63) is 0 Å². The standard InChI is InChI=1S/C11H20FNO2/c1-10(2,3)15-9(14)13-7-5-11(4,12)6-8-13/h5-8H2,1-4H3. The van der Waals surface area contributed by atoms with Gasteiger partial charge < -0.3 is 9.64 Å². The fourth-order valence-corrected chi connectivity index (χ4v) is 1.48. The van der Waals surface area contributed by atoms with Crippen LogP contribution in [0, 0.1) is 0 Å². The fourth-order valence-electron chi connectivity index (χ4n) is 1.48. The molecular weight excluding hydrogens is 197 g/mol. The van der Waals surface area contributed by atoms with Crippen molar-refractivity contribution in [3.8, 4) is 0 Å². The average molecular weight is 217 g/mol. The molecule has 0 radical (unpaired) electrons. The summed E-state index contributed by atoms with van der Waals surface area (Å²) in [5.41, 5.74) is -1.61. The van der Waals surface area contributed by atoms with Crippen molar-refractivity contribution in [3.63, 3.8) is 0 Å². The summed E-state index contributed by atoms with van der Waals surface area (Å²) in [4.78, 5) is 13.2. The number of rotatable bonds is 0. The van der Waals surface area contributed by atoms with Crippen molar-refractivity contribution < 1.29 is 13.9 Å². The minimum atomic E-state index is -1.13. The largest absolute Gasteiger partial charge is 0.444 e. The van der Waals surface area contributed by atoms with Crippen LogP contribution in [0.25, 0.3) is 0 Å². The second kappa shape index (κ2) is 3.99. The van der Waals surface area contributed by atoms with Crippen LogP contribution >= 0.6 is 0 Å². The second-order valence-electron chi connectivity index (χ2n) is 5.38. The van der Waals surface area contributed by atoms with Crippen molar-refractivity contribution >= 4 is 6.09 Å². The summed E-state index contributed by atoms with van der Waals surface area (Å²) in [7, 11) is 0. The highest BCUT2D eigenvalue weighted by Crippen LogP contribution is 2.26. The van der Waals surface area contributed by atoms with Crippen molar-refractivity contribution in [2.45, 2.75) is 51.8 Å². The summed E-state index contributed by atoms with van der Waals surface area (Å²) < 4.78 is 18.7. The number of likely N-dealkylation sites (tertiary alicyclic amines) is 1. The van der Waals surface area contributed by atoms with Crippen LogP contribution in [-0.2, 0) is 4.74 Å². The molecule has 88 valence electrons. The van der Waals surface area contributed by atoms with E-state index in [-0.39, 0.29) is 6.09 Å². The van der Waals surface area contributed by atoms with Gasteiger partial charge in [0.05, 0.1) is 0 Å². The summed E-state index contributed by atoms with van der Waals surface area (Å²) in [6.45, 7) is 7.96. The molecule has 0 saturated carbocycles. The molecule has 3 nitrogen and oxygen atoms in total. The van der Waals surface area contributed by atoms with Crippen molar-refractivity contribution in [2.24, 2.45) is 0 Å². The van der Waals surface area contributed by atoms with Crippen molar-refractivity contribution in [2.75, 3.05) is 13.1 Å². The third-order valence-corrected chi connectivity index (χ3v) is 2.46. The zero-order chi connectivity index (χ0) is 11.7. The topological polar surface area (TPSA) is 29.5 Å². The van der Waals surface area contributed by atoms with Crippen LogP contribution < -0.4 is 0 Å². The van der Waals surface area contributed by atoms with E-state index in [0.717, 1.165) is 0 Å². The maximum Gasteiger partial charge on any atom is 0.410 e. The van der Waals surface area contributed by atoms with Gasteiger partial charge in [0.15, 0.2) is 0 Å². The molecule has 1 fully saturated rings. The van der Waals surface area contributed by atoms with E-state index in [1.54, 1.807) is 11.8 Å². The second-order valence-corrected chi connectivity index (χ2v) is 5.38. The van der Waals surface area contributed by atoms with E-state index in [1.165, 1.54) is 0 Å². The summed E-state index contributed by atoms with van der Waals surface area (Å²) in [5, 5.41) is 0. The van der Waals surface area contributed by atoms with Crippen LogP contribution in [0.1, 0.15) is 40.5 Å². The Kier molecular flexibility index (Phi) is 3.26. The first-order valence-electron chi connectivity index (χ1n) is 5.36. The molecule has 0 aromatic rings. The van der Waals surface area contributed by atoms with Crippen LogP contribution in [-0.4, -0.2) is 35.4 Å². The summed E-state index contributed by atoms with van der Waals surface area (Å²) in [6.07, 6.45) is 0.455. The van der Waals surface area contributed by atoms with Gasteiger partial charge in [0.1, 0.15) is 11.3 Å². The first kappa shape index (κ1) is 12.3. The minimum absolute atomic E-state index is 0.335. The molecule has 1 rings (SSSR count). The lowest BCUT2D eigenvalue weighted by Gasteiger charge is -2.35. The van der Waals surface area contributed by atoms with Crippen LogP contribution in [0.5, 0.6) is 0 Å². The Labute approximate surface area is 90.6 Å². The summed E-state index contributed by atoms with van der Waals surface area (Å²) in [6, 6.07) is 0. The van der Waals surface area contributed by atoms with Crippen LogP contribution in [0.3, 0.4) is 0 Å². The molecular formula is C11H20FNO2. The molecule has 1 aliphatic heterocycles. The van der Waals surface area contributed by atoms with Gasteiger partial charge in [0.25, 0.3) is 0 Å². The predicted octanol–water partition coefficient (Wildman–Crippen LogP) is 2.75.